The number of hydrogen-bond acceptors (Lipinski definition) is 17. The number of dihydropyridines is 1. The molecule has 3 aromatic heterocycles. The van der Waals surface area contributed by atoms with E-state index in [2.05, 4.69) is 121 Å². The standard InChI is InChI=1S/C84H98N10O9/c1-3-87-75-72-54-13-8-15-58(72)60-43-81(26-6-7-27-81)83(73(60)75,41-51-23-30-89-71(85)36-51)47-90-80-92-78(94-45-55-24-31-88-63(55)46-94)74-79(99)91-62-16-5-4-12-53(62)14-9-28-82-40-50-17-22-64(96)69(34-50)102-68-35-52(33-54)42-84(74,93-80)61(68)21-19-57(82)18-20-59-67(101-48(2)95)39-66(103-77(59)82)56-37-65(97)76(98)70(38-56)100-32-25-49-11-10-29-86-44-49/h8,10-11,13,15,17,22-24,29,31,34,36-38,44-46,52-53,57,59-62,66-68,73-75,77-79,87-89,91,96-99H,3-7,12,16,18,20,25-28,30,32-33,35,39-43,47,85H2,1-2H3,(H2,90,92,93)/t52-,53-,57+,59-,60+,61+,62+,66-,67-,68+,73+,74+,75+,77+,78-,79+,82+,83-,84-/m0/s1. The van der Waals surface area contributed by atoms with E-state index in [0.717, 1.165) is 86.4 Å². The van der Waals surface area contributed by atoms with E-state index >= 15 is 0 Å². The number of esters is 1. The Morgan fingerprint density at radius 1 is 0.942 bits per heavy atom. The number of rotatable bonds is 11. The Balaban J connectivity index is 0.848. The molecule has 12 aliphatic rings. The van der Waals surface area contributed by atoms with E-state index in [4.69, 9.17) is 29.7 Å². The normalized spacial score (nSPS) is 35.6. The fourth-order valence-electron chi connectivity index (χ4n) is 23.1. The molecule has 9 heterocycles. The first-order valence-corrected chi connectivity index (χ1v) is 38.5. The minimum absolute atomic E-state index is 0.0121. The molecule has 9 bridgehead atoms. The number of allylic oxidation sites excluding steroid dienone is 2. The summed E-state index contributed by atoms with van der Waals surface area (Å²) in [6.45, 7) is 5.97. The van der Waals surface area contributed by atoms with Crippen LogP contribution >= 0.6 is 0 Å². The SMILES string of the molecule is CCN[C@@H]1c2c3cccc2[C@H]2CC4(CCCC4)[C@@](CC4=CCNC(N)=C4)(CN=C4N[C@@H](n5cc6cc[nH]c6c5)[C@@H]5[C@@H](O)N[C@@H]6CCCC[C@H]6C#CC[C@@]67Cc8ccc(O)c(c8)O[C@@H]8C[C@H](C3)C[C@]5(N4)[C@@H]8C#C[C@H]6CC[C@H]3[C@@H](OC(C)=O)C[C@@H](c4cc(O)c(O)c(OCCc5cccnc5)c4)O[C@H]37)[C@H]21. The molecular formula is C84H98N10O9. The number of pyridine rings is 1. The van der Waals surface area contributed by atoms with E-state index in [1.165, 1.54) is 48.1 Å². The molecule has 5 saturated carbocycles. The zero-order chi connectivity index (χ0) is 69.9. The number of benzene rings is 3. The van der Waals surface area contributed by atoms with Gasteiger partial charge in [0.2, 0.25) is 5.75 Å². The summed E-state index contributed by atoms with van der Waals surface area (Å²) in [7, 11) is 0. The Morgan fingerprint density at radius 2 is 1.83 bits per heavy atom. The zero-order valence-corrected chi connectivity index (χ0v) is 59.1. The number of aromatic hydroxyl groups is 3. The van der Waals surface area contributed by atoms with Gasteiger partial charge in [-0.15, -0.1) is 5.92 Å². The molecule has 0 amide bonds. The predicted molar refractivity (Wildman–Crippen MR) is 391 cm³/mol. The number of aromatic amines is 1. The van der Waals surface area contributed by atoms with Crippen LogP contribution in [0, 0.1) is 81.4 Å². The van der Waals surface area contributed by atoms with Crippen molar-refractivity contribution < 1.29 is 44.2 Å². The number of nitrogens with two attached hydrogens (primary N) is 1. The Kier molecular flexibility index (Phi) is 16.9. The monoisotopic (exact) mass is 1390 g/mol. The summed E-state index contributed by atoms with van der Waals surface area (Å²) in [5.74, 6) is 15.3. The van der Waals surface area contributed by atoms with Gasteiger partial charge in [0.1, 0.15) is 24.6 Å². The lowest BCUT2D eigenvalue weighted by molar-refractivity contribution is -0.219. The number of phenolic OH excluding ortho intramolecular Hbond substituents is 3. The molecule has 0 radical (unpaired) electrons. The van der Waals surface area contributed by atoms with Crippen LogP contribution in [0.2, 0.25) is 0 Å². The number of carbonyl (C=O) groups is 1. The summed E-state index contributed by atoms with van der Waals surface area (Å²) in [4.78, 5) is 27.6. The number of carbonyl (C=O) groups excluding carboxylic acids is 1. The summed E-state index contributed by atoms with van der Waals surface area (Å²) in [6.07, 6.45) is 25.1. The molecule has 19 nitrogen and oxygen atoms in total. The van der Waals surface area contributed by atoms with Gasteiger partial charge < -0.3 is 75.9 Å². The third-order valence-electron chi connectivity index (χ3n) is 27.2. The highest BCUT2D eigenvalue weighted by molar-refractivity contribution is 5.83. The molecule has 12 N–H and O–H groups in total. The fourth-order valence-corrected chi connectivity index (χ4v) is 23.1. The number of ether oxygens (including phenoxy) is 4. The number of phenols is 3. The zero-order valence-electron chi connectivity index (χ0n) is 59.1. The van der Waals surface area contributed by atoms with Crippen molar-refractivity contribution in [1.82, 2.24) is 41.1 Å². The first-order valence-electron chi connectivity index (χ1n) is 38.5. The van der Waals surface area contributed by atoms with Crippen molar-refractivity contribution in [1.29, 1.82) is 0 Å². The van der Waals surface area contributed by atoms with Crippen LogP contribution in [0.4, 0.5) is 0 Å². The lowest BCUT2D eigenvalue weighted by atomic mass is 9.55. The molecule has 103 heavy (non-hydrogen) atoms. The highest BCUT2D eigenvalue weighted by Gasteiger charge is 2.69. The summed E-state index contributed by atoms with van der Waals surface area (Å²) in [6, 6.07) is 22.1. The van der Waals surface area contributed by atoms with Crippen molar-refractivity contribution in [2.24, 2.45) is 68.4 Å². The number of aromatic nitrogens is 3. The second-order valence-electron chi connectivity index (χ2n) is 32.7. The molecule has 6 aliphatic carbocycles. The number of guanidine groups is 1. The van der Waals surface area contributed by atoms with Gasteiger partial charge in [-0.25, -0.2) is 0 Å². The highest BCUT2D eigenvalue weighted by atomic mass is 16.6. The van der Waals surface area contributed by atoms with Crippen molar-refractivity contribution in [3.63, 3.8) is 0 Å². The number of H-pyrrole nitrogens is 1. The van der Waals surface area contributed by atoms with Crippen LogP contribution in [-0.4, -0.2) is 109 Å². The number of nitrogens with zero attached hydrogens (tertiary/aromatic N) is 3. The number of aliphatic hydroxyl groups is 1. The maximum absolute atomic E-state index is 14.2. The van der Waals surface area contributed by atoms with Crippen LogP contribution < -0.4 is 41.8 Å². The minimum atomic E-state index is -1.12. The summed E-state index contributed by atoms with van der Waals surface area (Å²) < 4.78 is 30.6. The van der Waals surface area contributed by atoms with Crippen LogP contribution in [0.1, 0.15) is 174 Å². The second-order valence-corrected chi connectivity index (χ2v) is 32.7. The highest BCUT2D eigenvalue weighted by Crippen LogP contribution is 2.75. The first-order chi connectivity index (χ1) is 50.2. The molecule has 19 atom stereocenters. The quantitative estimate of drug-likeness (QED) is 0.0327. The topological polar surface area (TPSA) is 267 Å². The van der Waals surface area contributed by atoms with Crippen LogP contribution in [0.25, 0.3) is 10.9 Å². The molecule has 19 heteroatoms. The molecule has 0 unspecified atom stereocenters. The summed E-state index contributed by atoms with van der Waals surface area (Å²) in [5.41, 5.74) is 13.4. The Bertz CT molecular complexity index is 4470. The largest absolute Gasteiger partial charge is 0.504 e. The molecule has 7 fully saturated rings. The molecule has 6 aliphatic heterocycles. The number of fused-ring (bicyclic) bond motifs is 9. The smallest absolute Gasteiger partial charge is 0.302 e. The van der Waals surface area contributed by atoms with E-state index in [-0.39, 0.29) is 88.5 Å². The Labute approximate surface area is 603 Å². The van der Waals surface area contributed by atoms with E-state index in [9.17, 15) is 25.2 Å². The van der Waals surface area contributed by atoms with Gasteiger partial charge in [-0.05, 0) is 188 Å². The second kappa shape index (κ2) is 26.2. The average Bonchev–Trinajstić information content (AvgIpc) is 1.53. The number of aliphatic hydroxyl groups excluding tert-OH is 1. The average molecular weight is 1390 g/mol. The molecule has 2 saturated heterocycles. The third kappa shape index (κ3) is 11.3. The van der Waals surface area contributed by atoms with Gasteiger partial charge in [-0.3, -0.25) is 20.1 Å². The third-order valence-corrected chi connectivity index (χ3v) is 27.2. The van der Waals surface area contributed by atoms with Gasteiger partial charge in [-0.2, -0.15) is 0 Å². The summed E-state index contributed by atoms with van der Waals surface area (Å²) in [5, 5.41) is 71.0. The predicted octanol–water partition coefficient (Wildman–Crippen LogP) is 11.2. The van der Waals surface area contributed by atoms with Crippen molar-refractivity contribution in [3.05, 3.63) is 155 Å². The minimum Gasteiger partial charge on any atom is -0.504 e. The van der Waals surface area contributed by atoms with Crippen molar-refractivity contribution in [2.45, 2.75) is 196 Å². The lowest BCUT2D eigenvalue weighted by Crippen LogP contribution is -2.76. The number of nitrogens with one attached hydrogen (secondary N) is 6. The molecule has 2 spiro atoms. The van der Waals surface area contributed by atoms with Gasteiger partial charge in [0.25, 0.3) is 0 Å². The van der Waals surface area contributed by atoms with E-state index in [0.29, 0.717) is 87.0 Å². The van der Waals surface area contributed by atoms with E-state index in [1.807, 2.05) is 30.5 Å². The van der Waals surface area contributed by atoms with Gasteiger partial charge in [0.15, 0.2) is 29.0 Å². The molecule has 18 rings (SSSR count). The van der Waals surface area contributed by atoms with Gasteiger partial charge in [-0.1, -0.05) is 86.8 Å². The van der Waals surface area contributed by atoms with Gasteiger partial charge in [0.05, 0.1) is 47.5 Å². The van der Waals surface area contributed by atoms with E-state index < -0.39 is 65.6 Å². The fraction of sp³-hybridized carbons (Fsp3) is 0.536. The van der Waals surface area contributed by atoms with Gasteiger partial charge in [0, 0.05) is 116 Å². The summed E-state index contributed by atoms with van der Waals surface area (Å²) >= 11 is 0. The molecule has 3 aromatic carbocycles. The number of aliphatic imine (C=N–C) groups is 1. The van der Waals surface area contributed by atoms with E-state index in [1.54, 1.807) is 24.5 Å². The van der Waals surface area contributed by atoms with Gasteiger partial charge >= 0.3 is 5.97 Å². The molecule has 6 aromatic rings. The maximum atomic E-state index is 14.2. The van der Waals surface area contributed by atoms with Crippen molar-refractivity contribution in [3.8, 4) is 52.4 Å². The first kappa shape index (κ1) is 66.4. The van der Waals surface area contributed by atoms with Crippen LogP contribution in [-0.2, 0) is 33.5 Å². The van der Waals surface area contributed by atoms with Crippen molar-refractivity contribution in [2.75, 3.05) is 26.2 Å². The molecule has 538 valence electrons. The van der Waals surface area contributed by atoms with Crippen LogP contribution in [0.5, 0.6) is 28.7 Å². The van der Waals surface area contributed by atoms with Crippen LogP contribution in [0.3, 0.4) is 0 Å². The lowest BCUT2D eigenvalue weighted by Gasteiger charge is -2.59. The maximum Gasteiger partial charge on any atom is 0.302 e. The van der Waals surface area contributed by atoms with Crippen LogP contribution in [0.15, 0.2) is 126 Å². The van der Waals surface area contributed by atoms with Crippen molar-refractivity contribution >= 4 is 22.8 Å². The molecular weight excluding hydrogens is 1290 g/mol. The Morgan fingerprint density at radius 3 is 2.68 bits per heavy atom. The Hall–Kier alpha value is -8.59. The number of hydrogen-bond donors (Lipinski definition) is 11.